The van der Waals surface area contributed by atoms with Gasteiger partial charge in [-0.15, -0.1) is 11.8 Å². The molecule has 0 aliphatic carbocycles. The van der Waals surface area contributed by atoms with E-state index in [2.05, 4.69) is 0 Å². The zero-order valence-corrected chi connectivity index (χ0v) is 11.7. The second-order valence-electron chi connectivity index (χ2n) is 4.22. The van der Waals surface area contributed by atoms with Crippen LogP contribution in [-0.2, 0) is 0 Å². The Morgan fingerprint density at radius 2 is 1.89 bits per heavy atom. The molecule has 1 fully saturated rings. The average Bonchev–Trinajstić information content (AvgIpc) is 2.83. The van der Waals surface area contributed by atoms with Crippen molar-refractivity contribution in [3.05, 3.63) is 12.1 Å². The summed E-state index contributed by atoms with van der Waals surface area (Å²) >= 11 is 1.58. The van der Waals surface area contributed by atoms with Crippen LogP contribution in [0.15, 0.2) is 17.0 Å². The molecule has 1 unspecified atom stereocenters. The molecule has 0 bridgehead atoms. The summed E-state index contributed by atoms with van der Waals surface area (Å²) in [5.41, 5.74) is 0.960. The van der Waals surface area contributed by atoms with E-state index in [9.17, 15) is 4.39 Å². The standard InChI is InChI=1S/C13H18FNO2S/c1-16-11-6-10(15-5-4-9(14)8-15)7-12(17-2)13(11)18-3/h6-7,9H,4-5,8H2,1-3H3. The van der Waals surface area contributed by atoms with Crippen molar-refractivity contribution in [2.24, 2.45) is 0 Å². The van der Waals surface area contributed by atoms with Gasteiger partial charge in [0.25, 0.3) is 0 Å². The summed E-state index contributed by atoms with van der Waals surface area (Å²) in [5, 5.41) is 0. The number of methoxy groups -OCH3 is 2. The Morgan fingerprint density at radius 3 is 2.28 bits per heavy atom. The third kappa shape index (κ3) is 2.51. The number of hydrogen-bond donors (Lipinski definition) is 0. The zero-order chi connectivity index (χ0) is 13.1. The van der Waals surface area contributed by atoms with Gasteiger partial charge in [-0.1, -0.05) is 0 Å². The summed E-state index contributed by atoms with van der Waals surface area (Å²) in [7, 11) is 3.28. The SMILES string of the molecule is COc1cc(N2CCC(F)C2)cc(OC)c1SC. The lowest BCUT2D eigenvalue weighted by Crippen LogP contribution is -2.20. The maximum Gasteiger partial charge on any atom is 0.138 e. The second-order valence-corrected chi connectivity index (χ2v) is 5.03. The highest BCUT2D eigenvalue weighted by Crippen LogP contribution is 2.41. The Kier molecular flexibility index (Phi) is 4.22. The van der Waals surface area contributed by atoms with Gasteiger partial charge in [-0.25, -0.2) is 4.39 Å². The van der Waals surface area contributed by atoms with Gasteiger partial charge in [0.15, 0.2) is 0 Å². The number of benzene rings is 1. The van der Waals surface area contributed by atoms with E-state index in [4.69, 9.17) is 9.47 Å². The lowest BCUT2D eigenvalue weighted by molar-refractivity contribution is 0.364. The molecule has 1 aliphatic rings. The molecular formula is C13H18FNO2S. The van der Waals surface area contributed by atoms with Crippen LogP contribution in [0.25, 0.3) is 0 Å². The Morgan fingerprint density at radius 1 is 1.28 bits per heavy atom. The van der Waals surface area contributed by atoms with E-state index < -0.39 is 6.17 Å². The monoisotopic (exact) mass is 271 g/mol. The normalized spacial score (nSPS) is 19.1. The molecule has 3 nitrogen and oxygen atoms in total. The molecule has 0 radical (unpaired) electrons. The fraction of sp³-hybridized carbons (Fsp3) is 0.538. The Labute approximate surface area is 111 Å². The van der Waals surface area contributed by atoms with Crippen LogP contribution >= 0.6 is 11.8 Å². The lowest BCUT2D eigenvalue weighted by Gasteiger charge is -2.21. The van der Waals surface area contributed by atoms with Gasteiger partial charge in [0, 0.05) is 30.9 Å². The van der Waals surface area contributed by atoms with Crippen molar-refractivity contribution in [2.75, 3.05) is 38.5 Å². The maximum atomic E-state index is 13.3. The topological polar surface area (TPSA) is 21.7 Å². The van der Waals surface area contributed by atoms with Crippen molar-refractivity contribution in [3.63, 3.8) is 0 Å². The van der Waals surface area contributed by atoms with Crippen LogP contribution in [0.4, 0.5) is 10.1 Å². The Balaban J connectivity index is 2.37. The third-order valence-electron chi connectivity index (χ3n) is 3.15. The van der Waals surface area contributed by atoms with Crippen LogP contribution in [0.5, 0.6) is 11.5 Å². The fourth-order valence-electron chi connectivity index (χ4n) is 2.20. The smallest absolute Gasteiger partial charge is 0.138 e. The van der Waals surface area contributed by atoms with Gasteiger partial charge in [0.05, 0.1) is 19.1 Å². The van der Waals surface area contributed by atoms with Crippen molar-refractivity contribution in [1.29, 1.82) is 0 Å². The number of halogens is 1. The van der Waals surface area contributed by atoms with E-state index in [0.717, 1.165) is 28.6 Å². The lowest BCUT2D eigenvalue weighted by atomic mass is 10.2. The summed E-state index contributed by atoms with van der Waals surface area (Å²) in [6.07, 6.45) is 1.84. The van der Waals surface area contributed by atoms with Crippen LogP contribution in [0.1, 0.15) is 6.42 Å². The second kappa shape index (κ2) is 5.69. The van der Waals surface area contributed by atoms with Crippen molar-refractivity contribution in [2.45, 2.75) is 17.5 Å². The van der Waals surface area contributed by atoms with Gasteiger partial charge in [-0.2, -0.15) is 0 Å². The highest BCUT2D eigenvalue weighted by atomic mass is 32.2. The van der Waals surface area contributed by atoms with Crippen LogP contribution < -0.4 is 14.4 Å². The molecule has 1 atom stereocenters. The average molecular weight is 271 g/mol. The molecule has 5 heteroatoms. The summed E-state index contributed by atoms with van der Waals surface area (Å²) < 4.78 is 24.0. The first-order chi connectivity index (χ1) is 8.69. The zero-order valence-electron chi connectivity index (χ0n) is 10.9. The van der Waals surface area contributed by atoms with Gasteiger partial charge >= 0.3 is 0 Å². The highest BCUT2D eigenvalue weighted by Gasteiger charge is 2.24. The molecule has 18 heavy (non-hydrogen) atoms. The van der Waals surface area contributed by atoms with Crippen molar-refractivity contribution in [1.82, 2.24) is 0 Å². The molecular weight excluding hydrogens is 253 g/mol. The minimum atomic E-state index is -0.734. The summed E-state index contributed by atoms with van der Waals surface area (Å²) in [6, 6.07) is 3.90. The number of thioether (sulfide) groups is 1. The first-order valence-corrected chi connectivity index (χ1v) is 7.11. The van der Waals surface area contributed by atoms with Gasteiger partial charge in [-0.3, -0.25) is 0 Å². The Hall–Kier alpha value is -1.10. The number of nitrogens with zero attached hydrogens (tertiary/aromatic N) is 1. The molecule has 100 valence electrons. The van der Waals surface area contributed by atoms with Crippen LogP contribution in [0.2, 0.25) is 0 Å². The molecule has 0 aromatic heterocycles. The van der Waals surface area contributed by atoms with Gasteiger partial charge in [-0.05, 0) is 12.7 Å². The molecule has 0 amide bonds. The molecule has 1 aromatic rings. The molecule has 0 spiro atoms. The minimum absolute atomic E-state index is 0.449. The summed E-state index contributed by atoms with van der Waals surface area (Å²) in [4.78, 5) is 3.00. The van der Waals surface area contributed by atoms with E-state index in [-0.39, 0.29) is 0 Å². The minimum Gasteiger partial charge on any atom is -0.495 e. The number of hydrogen-bond acceptors (Lipinski definition) is 4. The Bertz CT molecular complexity index is 402. The van der Waals surface area contributed by atoms with E-state index >= 15 is 0 Å². The van der Waals surface area contributed by atoms with E-state index in [1.165, 1.54) is 0 Å². The first kappa shape index (κ1) is 13.3. The molecule has 1 aromatic carbocycles. The van der Waals surface area contributed by atoms with Crippen molar-refractivity contribution in [3.8, 4) is 11.5 Å². The number of alkyl halides is 1. The van der Waals surface area contributed by atoms with Gasteiger partial charge in [0.2, 0.25) is 0 Å². The number of ether oxygens (including phenoxy) is 2. The van der Waals surface area contributed by atoms with Crippen molar-refractivity contribution >= 4 is 17.4 Å². The van der Waals surface area contributed by atoms with Gasteiger partial charge in [0.1, 0.15) is 17.7 Å². The molecule has 0 N–H and O–H groups in total. The summed E-state index contributed by atoms with van der Waals surface area (Å²) in [6.45, 7) is 1.19. The van der Waals surface area contributed by atoms with E-state index in [0.29, 0.717) is 13.0 Å². The predicted octanol–water partition coefficient (Wildman–Crippen LogP) is 2.97. The van der Waals surface area contributed by atoms with Crippen molar-refractivity contribution < 1.29 is 13.9 Å². The number of anilines is 1. The van der Waals surface area contributed by atoms with Crippen LogP contribution in [0, 0.1) is 0 Å². The first-order valence-electron chi connectivity index (χ1n) is 5.88. The summed E-state index contributed by atoms with van der Waals surface area (Å²) in [5.74, 6) is 1.55. The maximum absolute atomic E-state index is 13.3. The fourth-order valence-corrected chi connectivity index (χ4v) is 2.89. The van der Waals surface area contributed by atoms with Gasteiger partial charge < -0.3 is 14.4 Å². The molecule has 0 saturated carbocycles. The quantitative estimate of drug-likeness (QED) is 0.785. The largest absolute Gasteiger partial charge is 0.495 e. The number of rotatable bonds is 4. The predicted molar refractivity (Wildman–Crippen MR) is 73.1 cm³/mol. The van der Waals surface area contributed by atoms with E-state index in [1.54, 1.807) is 26.0 Å². The molecule has 1 heterocycles. The highest BCUT2D eigenvalue weighted by molar-refractivity contribution is 7.98. The van der Waals surface area contributed by atoms with E-state index in [1.807, 2.05) is 23.3 Å². The molecule has 1 aliphatic heterocycles. The third-order valence-corrected chi connectivity index (χ3v) is 3.96. The van der Waals surface area contributed by atoms with Crippen LogP contribution in [-0.4, -0.2) is 39.7 Å². The van der Waals surface area contributed by atoms with Crippen LogP contribution in [0.3, 0.4) is 0 Å². The molecule has 2 rings (SSSR count). The molecule has 1 saturated heterocycles.